The first kappa shape index (κ1) is 18.3. The number of sulfonamides is 1. The van der Waals surface area contributed by atoms with E-state index in [9.17, 15) is 13.2 Å². The van der Waals surface area contributed by atoms with E-state index in [1.54, 1.807) is 24.3 Å². The molecule has 5 nitrogen and oxygen atoms in total. The lowest BCUT2D eigenvalue weighted by molar-refractivity contribution is 0.256. The highest BCUT2D eigenvalue weighted by Crippen LogP contribution is 2.38. The Hall–Kier alpha value is -2.05. The molecule has 2 aliphatic carbocycles. The van der Waals surface area contributed by atoms with Crippen LogP contribution < -0.4 is 10.0 Å². The summed E-state index contributed by atoms with van der Waals surface area (Å²) < 4.78 is 26.8. The second kappa shape index (κ2) is 7.17. The molecule has 0 aliphatic heterocycles. The number of aryl methyl sites for hydroxylation is 2. The Morgan fingerprint density at radius 1 is 0.963 bits per heavy atom. The van der Waals surface area contributed by atoms with Gasteiger partial charge in [0, 0.05) is 10.7 Å². The van der Waals surface area contributed by atoms with Crippen molar-refractivity contribution in [3.05, 3.63) is 63.2 Å². The Labute approximate surface area is 164 Å². The number of amides is 2. The zero-order valence-corrected chi connectivity index (χ0v) is 16.4. The van der Waals surface area contributed by atoms with Gasteiger partial charge in [-0.25, -0.2) is 17.9 Å². The fourth-order valence-corrected chi connectivity index (χ4v) is 5.25. The minimum Gasteiger partial charge on any atom is -0.307 e. The number of anilines is 1. The number of hydrogen-bond donors (Lipinski definition) is 2. The van der Waals surface area contributed by atoms with Gasteiger partial charge >= 0.3 is 6.03 Å². The van der Waals surface area contributed by atoms with Gasteiger partial charge in [-0.15, -0.1) is 0 Å². The quantitative estimate of drug-likeness (QED) is 0.809. The molecule has 0 radical (unpaired) electrons. The highest BCUT2D eigenvalue weighted by Gasteiger charge is 2.26. The van der Waals surface area contributed by atoms with Crippen LogP contribution in [0, 0.1) is 0 Å². The van der Waals surface area contributed by atoms with Gasteiger partial charge in [-0.3, -0.25) is 0 Å². The highest BCUT2D eigenvalue weighted by molar-refractivity contribution is 7.89. The molecule has 27 heavy (non-hydrogen) atoms. The molecule has 2 amide bonds. The number of halogens is 1. The first-order chi connectivity index (χ1) is 12.9. The average Bonchev–Trinajstić information content (AvgIpc) is 3.25. The molecule has 0 aromatic heterocycles. The molecule has 142 valence electrons. The molecule has 0 spiro atoms. The maximum absolute atomic E-state index is 12.4. The summed E-state index contributed by atoms with van der Waals surface area (Å²) in [5.41, 5.74) is 6.31. The van der Waals surface area contributed by atoms with Gasteiger partial charge in [-0.05, 0) is 78.5 Å². The van der Waals surface area contributed by atoms with Crippen molar-refractivity contribution in [1.82, 2.24) is 4.72 Å². The third-order valence-corrected chi connectivity index (χ3v) is 6.69. The SMILES string of the molecule is O=C(Nc1c2c(cc3c1CCC3)CCC2)NS(=O)(=O)Cc1ccc(Cl)cc1. The van der Waals surface area contributed by atoms with Crippen LogP contribution in [0.15, 0.2) is 30.3 Å². The maximum Gasteiger partial charge on any atom is 0.332 e. The van der Waals surface area contributed by atoms with Crippen LogP contribution in [0.4, 0.5) is 10.5 Å². The summed E-state index contributed by atoms with van der Waals surface area (Å²) in [4.78, 5) is 12.4. The fraction of sp³-hybridized carbons (Fsp3) is 0.350. The van der Waals surface area contributed by atoms with E-state index in [4.69, 9.17) is 11.6 Å². The topological polar surface area (TPSA) is 75.3 Å². The summed E-state index contributed by atoms with van der Waals surface area (Å²) in [5, 5.41) is 3.38. The Bertz CT molecular complexity index is 969. The molecule has 7 heteroatoms. The van der Waals surface area contributed by atoms with E-state index < -0.39 is 16.1 Å². The number of nitrogens with one attached hydrogen (secondary N) is 2. The van der Waals surface area contributed by atoms with Gasteiger partial charge in [-0.1, -0.05) is 29.8 Å². The second-order valence-electron chi connectivity index (χ2n) is 7.18. The van der Waals surface area contributed by atoms with Crippen LogP contribution in [0.1, 0.15) is 40.7 Å². The largest absolute Gasteiger partial charge is 0.332 e. The number of fused-ring (bicyclic) bond motifs is 2. The van der Waals surface area contributed by atoms with Gasteiger partial charge in [0.1, 0.15) is 0 Å². The van der Waals surface area contributed by atoms with Crippen LogP contribution >= 0.6 is 11.6 Å². The Kier molecular flexibility index (Phi) is 4.86. The summed E-state index contributed by atoms with van der Waals surface area (Å²) in [7, 11) is -3.80. The van der Waals surface area contributed by atoms with E-state index in [2.05, 4.69) is 16.1 Å². The van der Waals surface area contributed by atoms with Crippen molar-refractivity contribution >= 4 is 33.3 Å². The van der Waals surface area contributed by atoms with E-state index in [0.717, 1.165) is 44.2 Å². The zero-order chi connectivity index (χ0) is 19.0. The van der Waals surface area contributed by atoms with Crippen LogP contribution in [0.5, 0.6) is 0 Å². The third-order valence-electron chi connectivity index (χ3n) is 5.23. The average molecular weight is 405 g/mol. The molecule has 2 N–H and O–H groups in total. The summed E-state index contributed by atoms with van der Waals surface area (Å²) in [6, 6.07) is 8.10. The molecule has 2 aromatic rings. The van der Waals surface area contributed by atoms with Gasteiger partial charge in [0.15, 0.2) is 0 Å². The number of urea groups is 1. The minimum absolute atomic E-state index is 0.275. The van der Waals surface area contributed by atoms with Gasteiger partial charge in [0.25, 0.3) is 0 Å². The monoisotopic (exact) mass is 404 g/mol. The number of carbonyl (C=O) groups is 1. The molecule has 0 bridgehead atoms. The lowest BCUT2D eigenvalue weighted by Gasteiger charge is -2.16. The molecule has 0 saturated heterocycles. The van der Waals surface area contributed by atoms with Crippen molar-refractivity contribution in [1.29, 1.82) is 0 Å². The minimum atomic E-state index is -3.80. The van der Waals surface area contributed by atoms with E-state index in [-0.39, 0.29) is 5.75 Å². The smallest absolute Gasteiger partial charge is 0.307 e. The normalized spacial score (nSPS) is 15.3. The van der Waals surface area contributed by atoms with Crippen molar-refractivity contribution in [3.63, 3.8) is 0 Å². The van der Waals surface area contributed by atoms with Crippen LogP contribution in [-0.4, -0.2) is 14.4 Å². The van der Waals surface area contributed by atoms with Gasteiger partial charge in [0.2, 0.25) is 10.0 Å². The molecule has 0 saturated carbocycles. The van der Waals surface area contributed by atoms with E-state index in [0.29, 0.717) is 10.6 Å². The molecule has 0 fully saturated rings. The molecule has 0 unspecified atom stereocenters. The van der Waals surface area contributed by atoms with Crippen LogP contribution in [-0.2, 0) is 41.5 Å². The van der Waals surface area contributed by atoms with Crippen LogP contribution in [0.2, 0.25) is 5.02 Å². The number of carbonyl (C=O) groups excluding carboxylic acids is 1. The third kappa shape index (κ3) is 3.96. The Morgan fingerprint density at radius 3 is 2.15 bits per heavy atom. The summed E-state index contributed by atoms with van der Waals surface area (Å²) in [6.07, 6.45) is 6.04. The molecule has 2 aromatic carbocycles. The van der Waals surface area contributed by atoms with E-state index in [1.165, 1.54) is 22.3 Å². The van der Waals surface area contributed by atoms with Crippen molar-refractivity contribution in [3.8, 4) is 0 Å². The van der Waals surface area contributed by atoms with Crippen LogP contribution in [0.3, 0.4) is 0 Å². The zero-order valence-electron chi connectivity index (χ0n) is 14.8. The lowest BCUT2D eigenvalue weighted by atomic mass is 9.99. The first-order valence-corrected chi connectivity index (χ1v) is 11.2. The van der Waals surface area contributed by atoms with E-state index in [1.807, 2.05) is 0 Å². The van der Waals surface area contributed by atoms with Gasteiger partial charge in [-0.2, -0.15) is 0 Å². The van der Waals surface area contributed by atoms with Crippen molar-refractivity contribution < 1.29 is 13.2 Å². The number of rotatable bonds is 4. The van der Waals surface area contributed by atoms with Crippen LogP contribution in [0.25, 0.3) is 0 Å². The van der Waals surface area contributed by atoms with E-state index >= 15 is 0 Å². The first-order valence-electron chi connectivity index (χ1n) is 9.14. The highest BCUT2D eigenvalue weighted by atomic mass is 35.5. The standard InChI is InChI=1S/C20H21ClN2O3S/c21-16-9-7-13(8-10-16)12-27(25,26)23-20(24)22-19-17-5-1-3-14(17)11-15-4-2-6-18(15)19/h7-11H,1-6,12H2,(H2,22,23,24). The summed E-state index contributed by atoms with van der Waals surface area (Å²) >= 11 is 5.82. The maximum atomic E-state index is 12.4. The lowest BCUT2D eigenvalue weighted by Crippen LogP contribution is -2.35. The van der Waals surface area contributed by atoms with Crippen molar-refractivity contribution in [2.45, 2.75) is 44.3 Å². The van der Waals surface area contributed by atoms with Gasteiger partial charge < -0.3 is 5.32 Å². The summed E-state index contributed by atoms with van der Waals surface area (Å²) in [6.45, 7) is 0. The molecule has 0 heterocycles. The molecule has 4 rings (SSSR count). The molecular weight excluding hydrogens is 384 g/mol. The Morgan fingerprint density at radius 2 is 1.56 bits per heavy atom. The van der Waals surface area contributed by atoms with Gasteiger partial charge in [0.05, 0.1) is 5.75 Å². The fourth-order valence-electron chi connectivity index (χ4n) is 4.08. The molecule has 2 aliphatic rings. The number of benzene rings is 2. The summed E-state index contributed by atoms with van der Waals surface area (Å²) in [5.74, 6) is -0.275. The molecular formula is C20H21ClN2O3S. The predicted octanol–water partition coefficient (Wildman–Crippen LogP) is 3.97. The second-order valence-corrected chi connectivity index (χ2v) is 9.33. The molecule has 0 atom stereocenters. The Balaban J connectivity index is 1.51. The van der Waals surface area contributed by atoms with Crippen molar-refractivity contribution in [2.75, 3.05) is 5.32 Å². The van der Waals surface area contributed by atoms with Crippen molar-refractivity contribution in [2.24, 2.45) is 0 Å². The predicted molar refractivity (Wildman–Crippen MR) is 107 cm³/mol. The number of hydrogen-bond acceptors (Lipinski definition) is 3.